The summed E-state index contributed by atoms with van der Waals surface area (Å²) in [5.41, 5.74) is 1.67. The van der Waals surface area contributed by atoms with Gasteiger partial charge in [0.15, 0.2) is 0 Å². The van der Waals surface area contributed by atoms with Crippen molar-refractivity contribution in [1.29, 1.82) is 0 Å². The van der Waals surface area contributed by atoms with Crippen LogP contribution in [0.5, 0.6) is 0 Å². The highest BCUT2D eigenvalue weighted by atomic mass is 35.5. The van der Waals surface area contributed by atoms with Crippen molar-refractivity contribution in [3.05, 3.63) is 64.1 Å². The number of aliphatic carboxylic acids is 1. The number of para-hydroxylation sites is 1. The van der Waals surface area contributed by atoms with Crippen molar-refractivity contribution in [3.8, 4) is 0 Å². The molecule has 0 radical (unpaired) electrons. The smallest absolute Gasteiger partial charge is 0.323 e. The van der Waals surface area contributed by atoms with E-state index in [2.05, 4.69) is 0 Å². The van der Waals surface area contributed by atoms with Crippen molar-refractivity contribution in [1.82, 2.24) is 0 Å². The Morgan fingerprint density at radius 2 is 1.86 bits per heavy atom. The summed E-state index contributed by atoms with van der Waals surface area (Å²) in [4.78, 5) is 13.0. The zero-order valence-corrected chi connectivity index (χ0v) is 13.0. The summed E-state index contributed by atoms with van der Waals surface area (Å²) in [7, 11) is 0. The molecule has 0 aliphatic carbocycles. The predicted octanol–water partition coefficient (Wildman–Crippen LogP) is 4.65. The highest BCUT2D eigenvalue weighted by Crippen LogP contribution is 2.32. The molecule has 110 valence electrons. The zero-order chi connectivity index (χ0) is 15.4. The molecule has 21 heavy (non-hydrogen) atoms. The van der Waals surface area contributed by atoms with Crippen LogP contribution >= 0.6 is 23.2 Å². The largest absolute Gasteiger partial charge is 0.480 e. The van der Waals surface area contributed by atoms with Crippen LogP contribution in [0.3, 0.4) is 0 Å². The van der Waals surface area contributed by atoms with E-state index in [4.69, 9.17) is 28.3 Å². The Hall–Kier alpha value is -1.71. The first-order valence-corrected chi connectivity index (χ1v) is 7.23. The van der Waals surface area contributed by atoms with Gasteiger partial charge in [-0.05, 0) is 36.8 Å². The fourth-order valence-corrected chi connectivity index (χ4v) is 2.79. The fourth-order valence-electron chi connectivity index (χ4n) is 2.23. The number of carboxylic acids is 1. The number of carbonyl (C=O) groups is 1. The van der Waals surface area contributed by atoms with Crippen molar-refractivity contribution in [2.45, 2.75) is 13.0 Å². The average molecular weight is 324 g/mol. The lowest BCUT2D eigenvalue weighted by molar-refractivity contribution is -0.135. The minimum absolute atomic E-state index is 0.107. The van der Waals surface area contributed by atoms with Gasteiger partial charge in [0.2, 0.25) is 0 Å². The number of hydrogen-bond acceptors (Lipinski definition) is 2. The van der Waals surface area contributed by atoms with Crippen LogP contribution in [0, 0.1) is 0 Å². The molecule has 1 atom stereocenters. The highest BCUT2D eigenvalue weighted by molar-refractivity contribution is 6.35. The summed E-state index contributed by atoms with van der Waals surface area (Å²) in [6, 6.07) is 14.5. The number of benzene rings is 2. The van der Waals surface area contributed by atoms with E-state index < -0.39 is 5.97 Å². The van der Waals surface area contributed by atoms with Crippen LogP contribution in [0.15, 0.2) is 48.5 Å². The highest BCUT2D eigenvalue weighted by Gasteiger charge is 2.21. The summed E-state index contributed by atoms with van der Waals surface area (Å²) in [6.07, 6.45) is 0. The SMILES string of the molecule is CC(c1ccc(Cl)cc1Cl)N(CC(=O)O)c1ccccc1. The van der Waals surface area contributed by atoms with Crippen molar-refractivity contribution < 1.29 is 9.90 Å². The van der Waals surface area contributed by atoms with Gasteiger partial charge in [-0.2, -0.15) is 0 Å². The molecule has 3 nitrogen and oxygen atoms in total. The Balaban J connectivity index is 2.38. The second-order valence-corrected chi connectivity index (χ2v) is 5.54. The van der Waals surface area contributed by atoms with Gasteiger partial charge in [-0.3, -0.25) is 4.79 Å². The van der Waals surface area contributed by atoms with Crippen LogP contribution in [0.25, 0.3) is 0 Å². The molecule has 5 heteroatoms. The normalized spacial score (nSPS) is 12.0. The van der Waals surface area contributed by atoms with E-state index in [-0.39, 0.29) is 12.6 Å². The molecule has 0 aliphatic rings. The molecule has 0 aliphatic heterocycles. The van der Waals surface area contributed by atoms with Gasteiger partial charge in [-0.15, -0.1) is 0 Å². The third-order valence-corrected chi connectivity index (χ3v) is 3.84. The van der Waals surface area contributed by atoms with Gasteiger partial charge in [0.25, 0.3) is 0 Å². The summed E-state index contributed by atoms with van der Waals surface area (Å²) >= 11 is 12.1. The van der Waals surface area contributed by atoms with E-state index in [0.717, 1.165) is 11.3 Å². The Bertz CT molecular complexity index is 631. The molecule has 2 aromatic rings. The lowest BCUT2D eigenvalue weighted by Gasteiger charge is -2.30. The predicted molar refractivity (Wildman–Crippen MR) is 86.3 cm³/mol. The molecule has 2 rings (SSSR count). The summed E-state index contributed by atoms with van der Waals surface area (Å²) in [5.74, 6) is -0.893. The Morgan fingerprint density at radius 1 is 1.19 bits per heavy atom. The minimum Gasteiger partial charge on any atom is -0.480 e. The molecule has 0 saturated heterocycles. The van der Waals surface area contributed by atoms with E-state index >= 15 is 0 Å². The summed E-state index contributed by atoms with van der Waals surface area (Å²) < 4.78 is 0. The fraction of sp³-hybridized carbons (Fsp3) is 0.188. The standard InChI is InChI=1S/C16H15Cl2NO2/c1-11(14-8-7-12(17)9-15(14)18)19(10-16(20)21)13-5-3-2-4-6-13/h2-9,11H,10H2,1H3,(H,20,21). The van der Waals surface area contributed by atoms with Crippen LogP contribution < -0.4 is 4.90 Å². The number of rotatable bonds is 5. The molecule has 0 fully saturated rings. The molecule has 0 heterocycles. The number of halogens is 2. The lowest BCUT2D eigenvalue weighted by Crippen LogP contribution is -2.32. The molecule has 1 unspecified atom stereocenters. The van der Waals surface area contributed by atoms with E-state index in [9.17, 15) is 4.79 Å². The van der Waals surface area contributed by atoms with Crippen LogP contribution in [0.4, 0.5) is 5.69 Å². The second-order valence-electron chi connectivity index (χ2n) is 4.70. The number of nitrogens with zero attached hydrogens (tertiary/aromatic N) is 1. The van der Waals surface area contributed by atoms with Crippen molar-refractivity contribution in [2.24, 2.45) is 0 Å². The van der Waals surface area contributed by atoms with Crippen LogP contribution in [0.2, 0.25) is 10.0 Å². The summed E-state index contributed by atoms with van der Waals surface area (Å²) in [6.45, 7) is 1.81. The Morgan fingerprint density at radius 3 is 2.43 bits per heavy atom. The molecule has 0 bridgehead atoms. The van der Waals surface area contributed by atoms with Gasteiger partial charge in [-0.1, -0.05) is 47.5 Å². The van der Waals surface area contributed by atoms with Gasteiger partial charge in [0.05, 0.1) is 6.04 Å². The van der Waals surface area contributed by atoms with Crippen molar-refractivity contribution in [3.63, 3.8) is 0 Å². The number of hydrogen-bond donors (Lipinski definition) is 1. The maximum Gasteiger partial charge on any atom is 0.323 e. The average Bonchev–Trinajstić information content (AvgIpc) is 2.45. The molecule has 0 spiro atoms. The van der Waals surface area contributed by atoms with E-state index in [1.54, 1.807) is 17.0 Å². The Labute approximate surface area is 133 Å². The van der Waals surface area contributed by atoms with Gasteiger partial charge in [-0.25, -0.2) is 0 Å². The first kappa shape index (κ1) is 15.7. The van der Waals surface area contributed by atoms with E-state index in [0.29, 0.717) is 10.0 Å². The number of carboxylic acid groups (broad SMARTS) is 1. The quantitative estimate of drug-likeness (QED) is 0.870. The molecule has 2 aromatic carbocycles. The maximum absolute atomic E-state index is 11.2. The topological polar surface area (TPSA) is 40.5 Å². The lowest BCUT2D eigenvalue weighted by atomic mass is 10.1. The van der Waals surface area contributed by atoms with Crippen molar-refractivity contribution in [2.75, 3.05) is 11.4 Å². The molecule has 0 saturated carbocycles. The molecule has 1 N–H and O–H groups in total. The van der Waals surface area contributed by atoms with Gasteiger partial charge >= 0.3 is 5.97 Å². The summed E-state index contributed by atoms with van der Waals surface area (Å²) in [5, 5.41) is 10.2. The van der Waals surface area contributed by atoms with Crippen LogP contribution in [-0.2, 0) is 4.79 Å². The molecular formula is C16H15Cl2NO2. The first-order chi connectivity index (χ1) is 9.99. The molecule has 0 aromatic heterocycles. The molecule has 0 amide bonds. The van der Waals surface area contributed by atoms with Gasteiger partial charge in [0, 0.05) is 15.7 Å². The van der Waals surface area contributed by atoms with E-state index in [1.165, 1.54) is 0 Å². The van der Waals surface area contributed by atoms with Crippen molar-refractivity contribution >= 4 is 34.9 Å². The zero-order valence-electron chi connectivity index (χ0n) is 11.5. The van der Waals surface area contributed by atoms with Crippen LogP contribution in [0.1, 0.15) is 18.5 Å². The third-order valence-electron chi connectivity index (χ3n) is 3.27. The molecular weight excluding hydrogens is 309 g/mol. The monoisotopic (exact) mass is 323 g/mol. The number of anilines is 1. The van der Waals surface area contributed by atoms with Gasteiger partial charge < -0.3 is 10.0 Å². The first-order valence-electron chi connectivity index (χ1n) is 6.47. The van der Waals surface area contributed by atoms with Crippen LogP contribution in [-0.4, -0.2) is 17.6 Å². The third kappa shape index (κ3) is 3.90. The minimum atomic E-state index is -0.893. The van der Waals surface area contributed by atoms with Gasteiger partial charge in [0.1, 0.15) is 6.54 Å². The Kier molecular flexibility index (Phi) is 5.10. The maximum atomic E-state index is 11.2. The second kappa shape index (κ2) is 6.83. The van der Waals surface area contributed by atoms with E-state index in [1.807, 2.05) is 43.3 Å².